The normalized spacial score (nSPS) is 25.9. The van der Waals surface area contributed by atoms with Gasteiger partial charge in [0.05, 0.1) is 12.4 Å². The molecule has 3 nitrogen and oxygen atoms in total. The molecule has 1 aromatic rings. The summed E-state index contributed by atoms with van der Waals surface area (Å²) in [6, 6.07) is 1.99. The average Bonchev–Trinajstić information content (AvgIpc) is 2.59. The molecule has 1 aromatic heterocycles. The van der Waals surface area contributed by atoms with Crippen molar-refractivity contribution in [2.75, 3.05) is 13.1 Å². The smallest absolute Gasteiger partial charge is 0.140 e. The number of hydrogen-bond donors (Lipinski definition) is 1. The zero-order chi connectivity index (χ0) is 9.38. The molecule has 3 rings (SSSR count). The highest BCUT2D eigenvalue weighted by Gasteiger charge is 2.27. The van der Waals surface area contributed by atoms with E-state index in [1.54, 1.807) is 6.26 Å². The quantitative estimate of drug-likeness (QED) is 0.773. The first-order valence-electron chi connectivity index (χ1n) is 5.03. The first-order chi connectivity index (χ1) is 6.93. The highest BCUT2D eigenvalue weighted by molar-refractivity contribution is 5.54. The molecule has 0 bridgehead atoms. The van der Waals surface area contributed by atoms with E-state index in [1.165, 1.54) is 0 Å². The van der Waals surface area contributed by atoms with E-state index in [9.17, 15) is 0 Å². The molecular formula is C11H13NO2. The number of nitrogens with one attached hydrogen (secondary N) is 1. The molecule has 1 aliphatic heterocycles. The molecule has 1 aliphatic carbocycles. The van der Waals surface area contributed by atoms with E-state index >= 15 is 0 Å². The van der Waals surface area contributed by atoms with Crippen molar-refractivity contribution < 1.29 is 9.15 Å². The van der Waals surface area contributed by atoms with Crippen LogP contribution in [0.4, 0.5) is 0 Å². The molecule has 3 heteroatoms. The molecular weight excluding hydrogens is 178 g/mol. The van der Waals surface area contributed by atoms with Gasteiger partial charge in [0.2, 0.25) is 0 Å². The van der Waals surface area contributed by atoms with E-state index < -0.39 is 0 Å². The van der Waals surface area contributed by atoms with E-state index in [-0.39, 0.29) is 6.10 Å². The number of rotatable bonds is 2. The molecule has 0 spiro atoms. The molecule has 0 aromatic carbocycles. The van der Waals surface area contributed by atoms with Crippen LogP contribution in [0.1, 0.15) is 23.8 Å². The third kappa shape index (κ3) is 1.29. The fourth-order valence-corrected chi connectivity index (χ4v) is 1.86. The lowest BCUT2D eigenvalue weighted by atomic mass is 10.0. The summed E-state index contributed by atoms with van der Waals surface area (Å²) in [4.78, 5) is 0. The molecule has 0 radical (unpaired) electrons. The Morgan fingerprint density at radius 1 is 1.43 bits per heavy atom. The Kier molecular flexibility index (Phi) is 1.92. The van der Waals surface area contributed by atoms with Crippen molar-refractivity contribution in [2.45, 2.75) is 18.6 Å². The molecule has 2 heterocycles. The lowest BCUT2D eigenvalue weighted by molar-refractivity contribution is -0.0471. The number of furan rings is 1. The van der Waals surface area contributed by atoms with Crippen LogP contribution >= 0.6 is 0 Å². The second kappa shape index (κ2) is 3.26. The first kappa shape index (κ1) is 8.26. The van der Waals surface area contributed by atoms with Gasteiger partial charge < -0.3 is 14.5 Å². The standard InChI is InChI=1S/C11H13NO2/c1-2-8-4-5-13-11(8)10(3-1)14-9-6-12-7-9/h1-2,4-5,9-10,12H,3,6-7H2. The van der Waals surface area contributed by atoms with Crippen molar-refractivity contribution in [3.8, 4) is 0 Å². The second-order valence-electron chi connectivity index (χ2n) is 3.78. The van der Waals surface area contributed by atoms with Gasteiger partial charge in [-0.1, -0.05) is 12.2 Å². The predicted molar refractivity (Wildman–Crippen MR) is 52.8 cm³/mol. The van der Waals surface area contributed by atoms with Crippen molar-refractivity contribution in [3.63, 3.8) is 0 Å². The van der Waals surface area contributed by atoms with E-state index in [0.29, 0.717) is 6.10 Å². The van der Waals surface area contributed by atoms with Gasteiger partial charge in [-0.3, -0.25) is 0 Å². The Hall–Kier alpha value is -1.06. The van der Waals surface area contributed by atoms with Gasteiger partial charge in [-0.15, -0.1) is 0 Å². The van der Waals surface area contributed by atoms with Gasteiger partial charge in [-0.25, -0.2) is 0 Å². The van der Waals surface area contributed by atoms with Crippen molar-refractivity contribution in [3.05, 3.63) is 29.7 Å². The number of fused-ring (bicyclic) bond motifs is 1. The Bertz CT molecular complexity index is 352. The first-order valence-corrected chi connectivity index (χ1v) is 5.03. The fourth-order valence-electron chi connectivity index (χ4n) is 1.86. The monoisotopic (exact) mass is 191 g/mol. The van der Waals surface area contributed by atoms with Crippen LogP contribution in [-0.4, -0.2) is 19.2 Å². The molecule has 0 saturated carbocycles. The Balaban J connectivity index is 1.78. The molecule has 1 fully saturated rings. The second-order valence-corrected chi connectivity index (χ2v) is 3.78. The van der Waals surface area contributed by atoms with Crippen molar-refractivity contribution >= 4 is 6.08 Å². The molecule has 1 unspecified atom stereocenters. The van der Waals surface area contributed by atoms with E-state index in [2.05, 4.69) is 17.5 Å². The Labute approximate surface area is 82.7 Å². The van der Waals surface area contributed by atoms with Crippen LogP contribution in [0.15, 0.2) is 22.8 Å². The zero-order valence-corrected chi connectivity index (χ0v) is 7.90. The molecule has 74 valence electrons. The summed E-state index contributed by atoms with van der Waals surface area (Å²) in [6.07, 6.45) is 7.39. The highest BCUT2D eigenvalue weighted by atomic mass is 16.5. The van der Waals surface area contributed by atoms with Gasteiger partial charge in [0, 0.05) is 18.7 Å². The zero-order valence-electron chi connectivity index (χ0n) is 7.90. The molecule has 0 amide bonds. The minimum atomic E-state index is 0.122. The van der Waals surface area contributed by atoms with Gasteiger partial charge in [0.1, 0.15) is 11.9 Å². The van der Waals surface area contributed by atoms with Crippen molar-refractivity contribution in [1.29, 1.82) is 0 Å². The van der Waals surface area contributed by atoms with Crippen LogP contribution in [0.25, 0.3) is 6.08 Å². The molecule has 14 heavy (non-hydrogen) atoms. The Morgan fingerprint density at radius 2 is 2.36 bits per heavy atom. The third-order valence-electron chi connectivity index (χ3n) is 2.77. The molecule has 2 aliphatic rings. The SMILES string of the molecule is C1=Cc2ccoc2C(OC2CNC2)C1. The van der Waals surface area contributed by atoms with Crippen molar-refractivity contribution in [2.24, 2.45) is 0 Å². The predicted octanol–water partition coefficient (Wildman–Crippen LogP) is 1.73. The van der Waals surface area contributed by atoms with Gasteiger partial charge in [0.15, 0.2) is 0 Å². The van der Waals surface area contributed by atoms with Gasteiger partial charge in [-0.2, -0.15) is 0 Å². The maximum Gasteiger partial charge on any atom is 0.140 e. The molecule has 1 N–H and O–H groups in total. The molecule has 1 saturated heterocycles. The maximum absolute atomic E-state index is 5.90. The summed E-state index contributed by atoms with van der Waals surface area (Å²) in [5.74, 6) is 0.986. The van der Waals surface area contributed by atoms with Crippen LogP contribution in [0.3, 0.4) is 0 Å². The molecule has 1 atom stereocenters. The van der Waals surface area contributed by atoms with Crippen molar-refractivity contribution in [1.82, 2.24) is 5.32 Å². The van der Waals surface area contributed by atoms with E-state index in [4.69, 9.17) is 9.15 Å². The minimum absolute atomic E-state index is 0.122. The van der Waals surface area contributed by atoms with Crippen LogP contribution in [0.2, 0.25) is 0 Å². The summed E-state index contributed by atoms with van der Waals surface area (Å²) in [6.45, 7) is 1.94. The average molecular weight is 191 g/mol. The van der Waals surface area contributed by atoms with Crippen LogP contribution in [0, 0.1) is 0 Å². The lowest BCUT2D eigenvalue weighted by Crippen LogP contribution is -2.49. The fraction of sp³-hybridized carbons (Fsp3) is 0.455. The topological polar surface area (TPSA) is 34.4 Å². The van der Waals surface area contributed by atoms with E-state index in [1.807, 2.05) is 6.07 Å². The van der Waals surface area contributed by atoms with Gasteiger partial charge >= 0.3 is 0 Å². The Morgan fingerprint density at radius 3 is 3.14 bits per heavy atom. The van der Waals surface area contributed by atoms with Gasteiger partial charge in [-0.05, 0) is 12.5 Å². The number of ether oxygens (including phenoxy) is 1. The maximum atomic E-state index is 5.90. The van der Waals surface area contributed by atoms with E-state index in [0.717, 1.165) is 30.8 Å². The summed E-state index contributed by atoms with van der Waals surface area (Å²) in [5, 5.41) is 3.19. The summed E-state index contributed by atoms with van der Waals surface area (Å²) in [5.41, 5.74) is 1.16. The highest BCUT2D eigenvalue weighted by Crippen LogP contribution is 2.32. The summed E-state index contributed by atoms with van der Waals surface area (Å²) < 4.78 is 11.3. The third-order valence-corrected chi connectivity index (χ3v) is 2.77. The lowest BCUT2D eigenvalue weighted by Gasteiger charge is -2.31. The summed E-state index contributed by atoms with van der Waals surface area (Å²) >= 11 is 0. The largest absolute Gasteiger partial charge is 0.466 e. The number of hydrogen-bond acceptors (Lipinski definition) is 3. The van der Waals surface area contributed by atoms with Gasteiger partial charge in [0.25, 0.3) is 0 Å². The summed E-state index contributed by atoms with van der Waals surface area (Å²) in [7, 11) is 0. The minimum Gasteiger partial charge on any atom is -0.466 e. The van der Waals surface area contributed by atoms with Crippen LogP contribution in [-0.2, 0) is 4.74 Å². The van der Waals surface area contributed by atoms with Crippen LogP contribution in [0.5, 0.6) is 0 Å². The van der Waals surface area contributed by atoms with Crippen LogP contribution < -0.4 is 5.32 Å².